The molecular weight excluding hydrogens is 228 g/mol. The molecule has 0 aliphatic heterocycles. The van der Waals surface area contributed by atoms with Crippen LogP contribution in [-0.4, -0.2) is 34.0 Å². The van der Waals surface area contributed by atoms with Crippen LogP contribution in [0.25, 0.3) is 0 Å². The van der Waals surface area contributed by atoms with E-state index in [1.807, 2.05) is 4.68 Å². The van der Waals surface area contributed by atoms with Crippen LogP contribution >= 0.6 is 0 Å². The zero-order valence-electron chi connectivity index (χ0n) is 12.2. The number of rotatable bonds is 6. The van der Waals surface area contributed by atoms with Gasteiger partial charge in [-0.15, -0.1) is 0 Å². The van der Waals surface area contributed by atoms with Crippen molar-refractivity contribution in [1.29, 1.82) is 0 Å². The van der Waals surface area contributed by atoms with Gasteiger partial charge in [-0.05, 0) is 11.8 Å². The van der Waals surface area contributed by atoms with Gasteiger partial charge in [0.2, 0.25) is 0 Å². The number of hydrogen-bond donors (Lipinski definition) is 1. The van der Waals surface area contributed by atoms with Gasteiger partial charge in [0.05, 0.1) is 6.10 Å². The second-order valence-electron chi connectivity index (χ2n) is 5.79. The molecule has 2 N–H and O–H groups in total. The van der Waals surface area contributed by atoms with Crippen LogP contribution in [0.1, 0.15) is 39.9 Å². The number of aromatic nitrogens is 3. The molecule has 1 aromatic heterocycles. The average Bonchev–Trinajstić information content (AvgIpc) is 2.65. The van der Waals surface area contributed by atoms with Gasteiger partial charge in [0.1, 0.15) is 12.2 Å². The van der Waals surface area contributed by atoms with Crippen molar-refractivity contribution >= 4 is 0 Å². The molecule has 0 saturated heterocycles. The Labute approximate surface area is 110 Å². The first-order chi connectivity index (χ1) is 8.40. The molecule has 18 heavy (non-hydrogen) atoms. The molecule has 0 aliphatic carbocycles. The highest BCUT2D eigenvalue weighted by Crippen LogP contribution is 2.24. The Bertz CT molecular complexity index is 356. The van der Waals surface area contributed by atoms with E-state index in [0.29, 0.717) is 6.42 Å². The van der Waals surface area contributed by atoms with Crippen molar-refractivity contribution in [2.24, 2.45) is 11.1 Å². The van der Waals surface area contributed by atoms with Crippen molar-refractivity contribution in [3.05, 3.63) is 12.2 Å². The first-order valence-electron chi connectivity index (χ1n) is 6.55. The summed E-state index contributed by atoms with van der Waals surface area (Å²) in [7, 11) is 1.71. The van der Waals surface area contributed by atoms with Gasteiger partial charge < -0.3 is 10.5 Å². The van der Waals surface area contributed by atoms with Crippen LogP contribution in [0.5, 0.6) is 0 Å². The van der Waals surface area contributed by atoms with Crippen molar-refractivity contribution in [3.63, 3.8) is 0 Å². The lowest BCUT2D eigenvalue weighted by Gasteiger charge is -2.33. The lowest BCUT2D eigenvalue weighted by atomic mass is 9.83. The molecule has 5 nitrogen and oxygen atoms in total. The van der Waals surface area contributed by atoms with Crippen molar-refractivity contribution < 1.29 is 4.74 Å². The Kier molecular flexibility index (Phi) is 5.28. The summed E-state index contributed by atoms with van der Waals surface area (Å²) in [5.74, 6) is 0.940. The molecular formula is C13H26N4O. The van der Waals surface area contributed by atoms with Gasteiger partial charge in [-0.1, -0.05) is 27.7 Å². The third kappa shape index (κ3) is 3.78. The largest absolute Gasteiger partial charge is 0.379 e. The lowest BCUT2D eigenvalue weighted by molar-refractivity contribution is -0.00225. The van der Waals surface area contributed by atoms with Crippen molar-refractivity contribution in [2.45, 2.75) is 59.2 Å². The number of methoxy groups -OCH3 is 1. The minimum Gasteiger partial charge on any atom is -0.379 e. The molecule has 0 aliphatic rings. The Hall–Kier alpha value is -0.940. The van der Waals surface area contributed by atoms with Gasteiger partial charge in [-0.3, -0.25) is 4.68 Å². The Morgan fingerprint density at radius 1 is 1.44 bits per heavy atom. The van der Waals surface area contributed by atoms with Crippen molar-refractivity contribution in [2.75, 3.05) is 7.11 Å². The second-order valence-corrected chi connectivity index (χ2v) is 5.79. The van der Waals surface area contributed by atoms with E-state index >= 15 is 0 Å². The van der Waals surface area contributed by atoms with Crippen LogP contribution in [0.4, 0.5) is 0 Å². The minimum absolute atomic E-state index is 0.00396. The quantitative estimate of drug-likeness (QED) is 0.837. The van der Waals surface area contributed by atoms with Crippen LogP contribution in [-0.2, 0) is 17.7 Å². The zero-order chi connectivity index (χ0) is 13.8. The van der Waals surface area contributed by atoms with Crippen LogP contribution in [0.3, 0.4) is 0 Å². The first-order valence-corrected chi connectivity index (χ1v) is 6.55. The number of ether oxygens (including phenoxy) is 1. The number of nitrogens with zero attached hydrogens (tertiary/aromatic N) is 3. The molecule has 5 heteroatoms. The molecule has 1 heterocycles. The maximum Gasteiger partial charge on any atom is 0.138 e. The highest BCUT2D eigenvalue weighted by molar-refractivity contribution is 4.94. The molecule has 0 aromatic carbocycles. The summed E-state index contributed by atoms with van der Waals surface area (Å²) in [4.78, 5) is 4.29. The third-order valence-corrected chi connectivity index (χ3v) is 3.05. The fraction of sp³-hybridized carbons (Fsp3) is 0.846. The van der Waals surface area contributed by atoms with Gasteiger partial charge >= 0.3 is 0 Å². The summed E-state index contributed by atoms with van der Waals surface area (Å²) in [6.07, 6.45) is 3.33. The average molecular weight is 254 g/mol. The van der Waals surface area contributed by atoms with Gasteiger partial charge in [-0.2, -0.15) is 5.10 Å². The summed E-state index contributed by atoms with van der Waals surface area (Å²) in [5.41, 5.74) is 6.28. The number of hydrogen-bond acceptors (Lipinski definition) is 4. The molecule has 0 fully saturated rings. The second kappa shape index (κ2) is 6.29. The van der Waals surface area contributed by atoms with Crippen LogP contribution in [0, 0.1) is 5.41 Å². The molecule has 2 atom stereocenters. The minimum atomic E-state index is -0.0743. The molecule has 0 radical (unpaired) electrons. The highest BCUT2D eigenvalue weighted by Gasteiger charge is 2.31. The van der Waals surface area contributed by atoms with E-state index in [1.54, 1.807) is 13.4 Å². The fourth-order valence-corrected chi connectivity index (χ4v) is 2.33. The van der Waals surface area contributed by atoms with E-state index < -0.39 is 0 Å². The van der Waals surface area contributed by atoms with E-state index in [2.05, 4.69) is 37.8 Å². The number of nitrogens with two attached hydrogens (primary N) is 1. The SMILES string of the molecule is CCCn1ncnc1CC(N)C(OC)C(C)(C)C. The van der Waals surface area contributed by atoms with Crippen LogP contribution in [0.2, 0.25) is 0 Å². The molecule has 0 saturated carbocycles. The smallest absolute Gasteiger partial charge is 0.138 e. The summed E-state index contributed by atoms with van der Waals surface area (Å²) in [6, 6.07) is -0.0743. The number of aryl methyl sites for hydroxylation is 1. The van der Waals surface area contributed by atoms with E-state index in [0.717, 1.165) is 18.8 Å². The Morgan fingerprint density at radius 3 is 2.61 bits per heavy atom. The summed E-state index contributed by atoms with van der Waals surface area (Å²) in [6.45, 7) is 9.42. The van der Waals surface area contributed by atoms with Crippen LogP contribution < -0.4 is 5.73 Å². The van der Waals surface area contributed by atoms with E-state index in [9.17, 15) is 0 Å². The topological polar surface area (TPSA) is 66.0 Å². The van der Waals surface area contributed by atoms with E-state index in [1.165, 1.54) is 0 Å². The summed E-state index contributed by atoms with van der Waals surface area (Å²) < 4.78 is 7.47. The third-order valence-electron chi connectivity index (χ3n) is 3.05. The monoisotopic (exact) mass is 254 g/mol. The Morgan fingerprint density at radius 2 is 2.11 bits per heavy atom. The van der Waals surface area contributed by atoms with Gasteiger partial charge in [0.25, 0.3) is 0 Å². The van der Waals surface area contributed by atoms with Crippen molar-refractivity contribution in [3.8, 4) is 0 Å². The summed E-state index contributed by atoms with van der Waals surface area (Å²) in [5, 5.41) is 4.22. The predicted molar refractivity (Wildman–Crippen MR) is 72.2 cm³/mol. The van der Waals surface area contributed by atoms with E-state index in [-0.39, 0.29) is 17.6 Å². The fourth-order valence-electron chi connectivity index (χ4n) is 2.33. The standard InChI is InChI=1S/C13H26N4O/c1-6-7-17-11(15-9-16-17)8-10(14)12(18-5)13(2,3)4/h9-10,12H,6-8,14H2,1-5H3. The summed E-state index contributed by atoms with van der Waals surface area (Å²) >= 11 is 0. The lowest BCUT2D eigenvalue weighted by Crippen LogP contribution is -2.46. The van der Waals surface area contributed by atoms with E-state index in [4.69, 9.17) is 10.5 Å². The maximum absolute atomic E-state index is 6.26. The molecule has 0 bridgehead atoms. The van der Waals surface area contributed by atoms with Crippen molar-refractivity contribution in [1.82, 2.24) is 14.8 Å². The van der Waals surface area contributed by atoms with Crippen LogP contribution in [0.15, 0.2) is 6.33 Å². The molecule has 0 spiro atoms. The predicted octanol–water partition coefficient (Wildman–Crippen LogP) is 1.62. The molecule has 1 rings (SSSR count). The van der Waals surface area contributed by atoms with Gasteiger partial charge in [-0.25, -0.2) is 4.98 Å². The zero-order valence-corrected chi connectivity index (χ0v) is 12.2. The maximum atomic E-state index is 6.26. The highest BCUT2D eigenvalue weighted by atomic mass is 16.5. The molecule has 2 unspecified atom stereocenters. The molecule has 104 valence electrons. The normalized spacial score (nSPS) is 15.7. The molecule has 0 amide bonds. The van der Waals surface area contributed by atoms with Gasteiger partial charge in [0.15, 0.2) is 0 Å². The molecule has 1 aromatic rings. The van der Waals surface area contributed by atoms with Gasteiger partial charge in [0, 0.05) is 26.1 Å². The Balaban J connectivity index is 2.73. The first kappa shape index (κ1) is 15.1.